The minimum Gasteiger partial charge on any atom is -0.463 e. The van der Waals surface area contributed by atoms with E-state index in [-0.39, 0.29) is 30.5 Å². The number of fused-ring (bicyclic) bond motifs is 5. The minimum absolute atomic E-state index is 0.144. The monoisotopic (exact) mass is 859 g/mol. The van der Waals surface area contributed by atoms with Crippen LogP contribution in [-0.4, -0.2) is 64.7 Å². The third-order valence-electron chi connectivity index (χ3n) is 16.1. The standard InChI is InChI=1S/C55H86O7/c1-8-10-11-12-13-14-15-16-17-18-19-20-21-22-23-24-25-26-49(56)60-38-48-50(57)51(58)52(59)53(62-48)61-43-33-35-54(6)42(37-43)29-30-44-46-32-31-45(55(46,7)36-34-47(44)54)40(5)27-28-41(9-2)39(3)4/h10-11,13-14,16-17,19-20,22-23,27-29,39-41,43-48,50-53,57-59H,8-9,12,15,18,21,24-26,30-38H2,1-7H3/b11-10-,14-13-,17-16-,20-19-,23-22-,28-27+. The Morgan fingerprint density at radius 2 is 1.47 bits per heavy atom. The van der Waals surface area contributed by atoms with Gasteiger partial charge in [-0.1, -0.05) is 133 Å². The minimum atomic E-state index is -1.47. The molecular formula is C55H86O7. The molecule has 5 rings (SSSR count). The first-order chi connectivity index (χ1) is 29.8. The van der Waals surface area contributed by atoms with Gasteiger partial charge in [0.15, 0.2) is 6.29 Å². The lowest BCUT2D eigenvalue weighted by Gasteiger charge is -2.58. The Balaban J connectivity index is 1.03. The van der Waals surface area contributed by atoms with Gasteiger partial charge < -0.3 is 29.5 Å². The van der Waals surface area contributed by atoms with Crippen molar-refractivity contribution >= 4 is 5.97 Å². The maximum atomic E-state index is 12.6. The Labute approximate surface area is 376 Å². The van der Waals surface area contributed by atoms with Gasteiger partial charge in [0, 0.05) is 6.42 Å². The van der Waals surface area contributed by atoms with Crippen LogP contribution in [0.1, 0.15) is 158 Å². The molecule has 0 aromatic rings. The van der Waals surface area contributed by atoms with E-state index < -0.39 is 30.7 Å². The lowest BCUT2D eigenvalue weighted by atomic mass is 9.47. The molecule has 0 aromatic heterocycles. The summed E-state index contributed by atoms with van der Waals surface area (Å²) in [5.41, 5.74) is 2.02. The molecule has 0 bridgehead atoms. The highest BCUT2D eigenvalue weighted by atomic mass is 16.7. The predicted molar refractivity (Wildman–Crippen MR) is 253 cm³/mol. The number of carbonyl (C=O) groups is 1. The summed E-state index contributed by atoms with van der Waals surface area (Å²) in [5.74, 6) is 4.50. The summed E-state index contributed by atoms with van der Waals surface area (Å²) in [6, 6.07) is 0. The van der Waals surface area contributed by atoms with Crippen molar-refractivity contribution in [2.45, 2.75) is 194 Å². The Hall–Kier alpha value is -2.55. The van der Waals surface area contributed by atoms with E-state index in [0.717, 1.165) is 82.0 Å². The van der Waals surface area contributed by atoms with Crippen molar-refractivity contribution < 1.29 is 34.3 Å². The molecule has 7 nitrogen and oxygen atoms in total. The van der Waals surface area contributed by atoms with Gasteiger partial charge in [-0.2, -0.15) is 0 Å². The predicted octanol–water partition coefficient (Wildman–Crippen LogP) is 12.1. The molecule has 3 saturated carbocycles. The van der Waals surface area contributed by atoms with E-state index in [1.807, 2.05) is 0 Å². The maximum absolute atomic E-state index is 12.6. The molecule has 348 valence electrons. The van der Waals surface area contributed by atoms with Crippen LogP contribution in [0.3, 0.4) is 0 Å². The molecule has 62 heavy (non-hydrogen) atoms. The van der Waals surface area contributed by atoms with Crippen molar-refractivity contribution in [2.75, 3.05) is 6.61 Å². The molecule has 0 aromatic carbocycles. The molecule has 4 aliphatic carbocycles. The van der Waals surface area contributed by atoms with Crippen LogP contribution in [-0.2, 0) is 19.0 Å². The topological polar surface area (TPSA) is 105 Å². The van der Waals surface area contributed by atoms with Gasteiger partial charge in [-0.15, -0.1) is 0 Å². The fourth-order valence-electron chi connectivity index (χ4n) is 12.3. The van der Waals surface area contributed by atoms with Crippen LogP contribution in [0.2, 0.25) is 0 Å². The Morgan fingerprint density at radius 1 is 0.806 bits per heavy atom. The number of hydrogen-bond acceptors (Lipinski definition) is 7. The molecule has 1 aliphatic heterocycles. The van der Waals surface area contributed by atoms with Crippen LogP contribution in [0.4, 0.5) is 0 Å². The number of allylic oxidation sites excluding steroid dienone is 13. The van der Waals surface area contributed by atoms with Crippen LogP contribution in [0.15, 0.2) is 84.6 Å². The number of aliphatic hydroxyl groups is 3. The number of hydrogen-bond donors (Lipinski definition) is 3. The molecular weight excluding hydrogens is 773 g/mol. The molecule has 1 saturated heterocycles. The van der Waals surface area contributed by atoms with Crippen molar-refractivity contribution in [1.29, 1.82) is 0 Å². The van der Waals surface area contributed by atoms with Crippen molar-refractivity contribution in [3.8, 4) is 0 Å². The Morgan fingerprint density at radius 3 is 2.11 bits per heavy atom. The van der Waals surface area contributed by atoms with E-state index in [4.69, 9.17) is 14.2 Å². The first kappa shape index (κ1) is 50.4. The van der Waals surface area contributed by atoms with Gasteiger partial charge in [0.05, 0.1) is 6.10 Å². The van der Waals surface area contributed by atoms with E-state index in [0.29, 0.717) is 35.5 Å². The van der Waals surface area contributed by atoms with E-state index in [2.05, 4.69) is 127 Å². The van der Waals surface area contributed by atoms with Gasteiger partial charge in [-0.05, 0) is 155 Å². The summed E-state index contributed by atoms with van der Waals surface area (Å²) in [6.07, 6.45) is 39.5. The lowest BCUT2D eigenvalue weighted by molar-refractivity contribution is -0.313. The van der Waals surface area contributed by atoms with Crippen molar-refractivity contribution in [3.63, 3.8) is 0 Å². The normalized spacial score (nSPS) is 36.3. The first-order valence-corrected chi connectivity index (χ1v) is 25.0. The zero-order valence-electron chi connectivity index (χ0n) is 39.7. The van der Waals surface area contributed by atoms with E-state index in [1.54, 1.807) is 0 Å². The van der Waals surface area contributed by atoms with E-state index >= 15 is 0 Å². The van der Waals surface area contributed by atoms with Crippen molar-refractivity contribution in [3.05, 3.63) is 84.6 Å². The Kier molecular flexibility index (Phi) is 20.1. The van der Waals surface area contributed by atoms with Crippen LogP contribution in [0, 0.1) is 52.3 Å². The summed E-state index contributed by atoms with van der Waals surface area (Å²) in [5, 5.41) is 32.5. The summed E-state index contributed by atoms with van der Waals surface area (Å²) in [7, 11) is 0. The second kappa shape index (κ2) is 24.7. The van der Waals surface area contributed by atoms with Crippen LogP contribution >= 0.6 is 0 Å². The summed E-state index contributed by atoms with van der Waals surface area (Å²) >= 11 is 0. The molecule has 0 amide bonds. The van der Waals surface area contributed by atoms with Gasteiger partial charge in [-0.25, -0.2) is 0 Å². The average Bonchev–Trinajstić information content (AvgIpc) is 3.62. The number of ether oxygens (including phenoxy) is 3. The van der Waals surface area contributed by atoms with Crippen molar-refractivity contribution in [1.82, 2.24) is 0 Å². The van der Waals surface area contributed by atoms with Gasteiger partial charge in [0.25, 0.3) is 0 Å². The van der Waals surface area contributed by atoms with Gasteiger partial charge in [0.2, 0.25) is 0 Å². The molecule has 14 atom stereocenters. The Bertz CT molecular complexity index is 1590. The van der Waals surface area contributed by atoms with E-state index in [1.165, 1.54) is 37.7 Å². The highest BCUT2D eigenvalue weighted by Crippen LogP contribution is 2.67. The molecule has 5 aliphatic rings. The molecule has 7 heteroatoms. The quantitative estimate of drug-likeness (QED) is 0.0566. The fraction of sp³-hybridized carbons (Fsp3) is 0.727. The third-order valence-corrected chi connectivity index (χ3v) is 16.1. The number of carbonyl (C=O) groups excluding carboxylic acids is 1. The third kappa shape index (κ3) is 13.0. The molecule has 4 fully saturated rings. The number of unbranched alkanes of at least 4 members (excludes halogenated alkanes) is 1. The summed E-state index contributed by atoms with van der Waals surface area (Å²) < 4.78 is 18.0. The maximum Gasteiger partial charge on any atom is 0.305 e. The molecule has 14 unspecified atom stereocenters. The van der Waals surface area contributed by atoms with E-state index in [9.17, 15) is 20.1 Å². The highest BCUT2D eigenvalue weighted by molar-refractivity contribution is 5.69. The van der Waals surface area contributed by atoms with Crippen LogP contribution in [0.25, 0.3) is 0 Å². The fourth-order valence-corrected chi connectivity index (χ4v) is 12.3. The first-order valence-electron chi connectivity index (χ1n) is 25.0. The smallest absolute Gasteiger partial charge is 0.305 e. The van der Waals surface area contributed by atoms with Crippen LogP contribution < -0.4 is 0 Å². The van der Waals surface area contributed by atoms with Crippen LogP contribution in [0.5, 0.6) is 0 Å². The van der Waals surface area contributed by atoms with Gasteiger partial charge in [0.1, 0.15) is 31.0 Å². The summed E-state index contributed by atoms with van der Waals surface area (Å²) in [4.78, 5) is 12.6. The molecule has 1 heterocycles. The SMILES string of the molecule is CC/C=C\C/C=C\C/C=C\C/C=C\C/C=C\CCCC(=O)OCC1OC(OC2CCC3(C)C(=CCC4C3CCC3(C)C(C(C)/C=C/C(CC)C(C)C)CCC43)C2)C(O)C(O)C1O. The number of rotatable bonds is 22. The molecule has 3 N–H and O–H groups in total. The summed E-state index contributed by atoms with van der Waals surface area (Å²) in [6.45, 7) is 16.6. The van der Waals surface area contributed by atoms with Crippen molar-refractivity contribution in [2.24, 2.45) is 52.3 Å². The average molecular weight is 859 g/mol. The van der Waals surface area contributed by atoms with Gasteiger partial charge in [-0.3, -0.25) is 4.79 Å². The second-order valence-corrected chi connectivity index (χ2v) is 20.3. The second-order valence-electron chi connectivity index (χ2n) is 20.3. The molecule has 0 spiro atoms. The largest absolute Gasteiger partial charge is 0.463 e. The van der Waals surface area contributed by atoms with Gasteiger partial charge >= 0.3 is 5.97 Å². The lowest BCUT2D eigenvalue weighted by Crippen LogP contribution is -2.60. The molecule has 0 radical (unpaired) electrons. The zero-order chi connectivity index (χ0) is 44.7. The highest BCUT2D eigenvalue weighted by Gasteiger charge is 2.59. The zero-order valence-corrected chi connectivity index (χ0v) is 39.7. The number of esters is 1. The number of aliphatic hydroxyl groups excluding tert-OH is 3.